The number of pyridine rings is 1. The van der Waals surface area contributed by atoms with Crippen LogP contribution in [-0.2, 0) is 0 Å². The molecule has 1 aromatic heterocycles. The minimum absolute atomic E-state index is 0.108. The Morgan fingerprint density at radius 2 is 2.24 bits per heavy atom. The maximum Gasteiger partial charge on any atom is 0.145 e. The van der Waals surface area contributed by atoms with Crippen molar-refractivity contribution in [2.75, 3.05) is 6.61 Å². The quantitative estimate of drug-likeness (QED) is 0.646. The van der Waals surface area contributed by atoms with Crippen LogP contribution in [0.25, 0.3) is 10.9 Å². The lowest BCUT2D eigenvalue weighted by molar-refractivity contribution is 0.332. The molecule has 0 aliphatic heterocycles. The van der Waals surface area contributed by atoms with Gasteiger partial charge in [0.05, 0.1) is 17.5 Å². The largest absolute Gasteiger partial charge is 0.491 e. The highest BCUT2D eigenvalue weighted by Crippen LogP contribution is 2.29. The van der Waals surface area contributed by atoms with Crippen LogP contribution < -0.4 is 10.5 Å². The fraction of sp³-hybridized carbons (Fsp3) is 0.167. The molecule has 0 spiro atoms. The summed E-state index contributed by atoms with van der Waals surface area (Å²) in [4.78, 5) is 4.25. The van der Waals surface area contributed by atoms with E-state index in [0.29, 0.717) is 23.8 Å². The second-order valence-electron chi connectivity index (χ2n) is 3.57. The molecular formula is C12H12ClN3O. The lowest BCUT2D eigenvalue weighted by Crippen LogP contribution is -2.13. The zero-order valence-electron chi connectivity index (χ0n) is 9.11. The van der Waals surface area contributed by atoms with Gasteiger partial charge in [0.25, 0.3) is 0 Å². The molecule has 0 fully saturated rings. The molecule has 1 heterocycles. The first-order valence-corrected chi connectivity index (χ1v) is 5.55. The van der Waals surface area contributed by atoms with Gasteiger partial charge in [-0.25, -0.2) is 0 Å². The zero-order chi connectivity index (χ0) is 12.3. The van der Waals surface area contributed by atoms with Crippen LogP contribution in [0.4, 0.5) is 0 Å². The maximum absolute atomic E-state index is 7.12. The minimum Gasteiger partial charge on any atom is -0.491 e. The van der Waals surface area contributed by atoms with E-state index >= 15 is 0 Å². The van der Waals surface area contributed by atoms with E-state index in [-0.39, 0.29) is 5.84 Å². The van der Waals surface area contributed by atoms with Crippen molar-refractivity contribution >= 4 is 28.3 Å². The number of hydrogen-bond donors (Lipinski definition) is 2. The summed E-state index contributed by atoms with van der Waals surface area (Å²) in [6.07, 6.45) is 2.09. The Hall–Kier alpha value is -1.81. The third kappa shape index (κ3) is 2.65. The van der Waals surface area contributed by atoms with Crippen LogP contribution in [0.5, 0.6) is 5.75 Å². The lowest BCUT2D eigenvalue weighted by atomic mass is 10.2. The standard InChI is InChI=1S/C12H12ClN3O/c13-9-3-4-10(17-7-5-11(14)15)12-8(9)2-1-6-16-12/h1-4,6H,5,7H2,(H3,14,15). The number of aromatic nitrogens is 1. The molecule has 0 radical (unpaired) electrons. The Balaban J connectivity index is 2.28. The molecule has 3 N–H and O–H groups in total. The van der Waals surface area contributed by atoms with E-state index in [0.717, 1.165) is 10.9 Å². The van der Waals surface area contributed by atoms with Crippen molar-refractivity contribution in [3.05, 3.63) is 35.5 Å². The normalized spacial score (nSPS) is 10.4. The summed E-state index contributed by atoms with van der Waals surface area (Å²) >= 11 is 6.06. The van der Waals surface area contributed by atoms with Gasteiger partial charge in [-0.2, -0.15) is 0 Å². The third-order valence-electron chi connectivity index (χ3n) is 2.31. The van der Waals surface area contributed by atoms with E-state index in [1.54, 1.807) is 18.3 Å². The van der Waals surface area contributed by atoms with E-state index in [9.17, 15) is 0 Å². The fourth-order valence-electron chi connectivity index (χ4n) is 1.50. The Morgan fingerprint density at radius 3 is 3.00 bits per heavy atom. The summed E-state index contributed by atoms with van der Waals surface area (Å²) in [5.41, 5.74) is 5.99. The highest BCUT2D eigenvalue weighted by molar-refractivity contribution is 6.35. The van der Waals surface area contributed by atoms with Gasteiger partial charge in [-0.3, -0.25) is 10.4 Å². The van der Waals surface area contributed by atoms with E-state index in [4.69, 9.17) is 27.5 Å². The topological polar surface area (TPSA) is 72.0 Å². The molecule has 0 bridgehead atoms. The number of fused-ring (bicyclic) bond motifs is 1. The number of nitrogens with two attached hydrogens (primary N) is 1. The van der Waals surface area contributed by atoms with Gasteiger partial charge in [0.1, 0.15) is 11.3 Å². The van der Waals surface area contributed by atoms with E-state index < -0.39 is 0 Å². The molecule has 0 unspecified atom stereocenters. The van der Waals surface area contributed by atoms with Crippen molar-refractivity contribution in [1.29, 1.82) is 5.41 Å². The van der Waals surface area contributed by atoms with Crippen molar-refractivity contribution in [2.45, 2.75) is 6.42 Å². The number of halogens is 1. The number of ether oxygens (including phenoxy) is 1. The van der Waals surface area contributed by atoms with Gasteiger partial charge in [0.2, 0.25) is 0 Å². The van der Waals surface area contributed by atoms with Crippen LogP contribution >= 0.6 is 11.6 Å². The van der Waals surface area contributed by atoms with Crippen molar-refractivity contribution in [1.82, 2.24) is 4.98 Å². The Kier molecular flexibility index (Phi) is 3.44. The van der Waals surface area contributed by atoms with E-state index in [2.05, 4.69) is 4.98 Å². The van der Waals surface area contributed by atoms with Crippen LogP contribution in [-0.4, -0.2) is 17.4 Å². The van der Waals surface area contributed by atoms with Crippen LogP contribution in [0.15, 0.2) is 30.5 Å². The van der Waals surface area contributed by atoms with Gasteiger partial charge >= 0.3 is 0 Å². The van der Waals surface area contributed by atoms with Crippen molar-refractivity contribution in [3.63, 3.8) is 0 Å². The highest BCUT2D eigenvalue weighted by atomic mass is 35.5. The van der Waals surface area contributed by atoms with Crippen LogP contribution in [0.3, 0.4) is 0 Å². The highest BCUT2D eigenvalue weighted by Gasteiger charge is 2.06. The summed E-state index contributed by atoms with van der Waals surface area (Å²) in [6, 6.07) is 7.27. The average molecular weight is 250 g/mol. The lowest BCUT2D eigenvalue weighted by Gasteiger charge is -2.08. The van der Waals surface area contributed by atoms with Gasteiger partial charge in [-0.15, -0.1) is 0 Å². The molecule has 5 heteroatoms. The molecule has 17 heavy (non-hydrogen) atoms. The van der Waals surface area contributed by atoms with Gasteiger partial charge in [0.15, 0.2) is 0 Å². The molecule has 2 rings (SSSR count). The SMILES string of the molecule is N=C(N)CCOc1ccc(Cl)c2cccnc12. The molecule has 0 saturated carbocycles. The monoisotopic (exact) mass is 249 g/mol. The molecule has 0 amide bonds. The first kappa shape index (κ1) is 11.7. The summed E-state index contributed by atoms with van der Waals surface area (Å²) in [5.74, 6) is 0.766. The van der Waals surface area contributed by atoms with Gasteiger partial charge in [0, 0.05) is 18.0 Å². The Labute approximate surface area is 104 Å². The molecule has 1 aromatic carbocycles. The Morgan fingerprint density at radius 1 is 1.41 bits per heavy atom. The van der Waals surface area contributed by atoms with Gasteiger partial charge in [-0.05, 0) is 24.3 Å². The molecular weight excluding hydrogens is 238 g/mol. The second kappa shape index (κ2) is 5.01. The summed E-state index contributed by atoms with van der Waals surface area (Å²) in [5, 5.41) is 8.62. The number of amidine groups is 1. The average Bonchev–Trinajstić information content (AvgIpc) is 2.32. The predicted octanol–water partition coefficient (Wildman–Crippen LogP) is 2.59. The number of nitrogens with zero attached hydrogens (tertiary/aromatic N) is 1. The first-order valence-electron chi connectivity index (χ1n) is 5.17. The van der Waals surface area contributed by atoms with Gasteiger partial charge < -0.3 is 10.5 Å². The summed E-state index contributed by atoms with van der Waals surface area (Å²) in [6.45, 7) is 0.364. The van der Waals surface area contributed by atoms with Crippen LogP contribution in [0, 0.1) is 5.41 Å². The molecule has 2 aromatic rings. The molecule has 4 nitrogen and oxygen atoms in total. The summed E-state index contributed by atoms with van der Waals surface area (Å²) in [7, 11) is 0. The van der Waals surface area contributed by atoms with Crippen molar-refractivity contribution in [3.8, 4) is 5.75 Å². The van der Waals surface area contributed by atoms with E-state index in [1.807, 2.05) is 12.1 Å². The molecule has 0 atom stereocenters. The maximum atomic E-state index is 7.12. The third-order valence-corrected chi connectivity index (χ3v) is 2.64. The fourth-order valence-corrected chi connectivity index (χ4v) is 1.71. The number of hydrogen-bond acceptors (Lipinski definition) is 3. The molecule has 0 saturated heterocycles. The smallest absolute Gasteiger partial charge is 0.145 e. The van der Waals surface area contributed by atoms with Crippen molar-refractivity contribution < 1.29 is 4.74 Å². The molecule has 0 aliphatic rings. The zero-order valence-corrected chi connectivity index (χ0v) is 9.87. The van der Waals surface area contributed by atoms with Gasteiger partial charge in [-0.1, -0.05) is 11.6 Å². The molecule has 88 valence electrons. The van der Waals surface area contributed by atoms with E-state index in [1.165, 1.54) is 0 Å². The number of benzene rings is 1. The minimum atomic E-state index is 0.108. The number of rotatable bonds is 4. The number of nitrogens with one attached hydrogen (secondary N) is 1. The predicted molar refractivity (Wildman–Crippen MR) is 68.8 cm³/mol. The molecule has 0 aliphatic carbocycles. The first-order chi connectivity index (χ1) is 8.18. The second-order valence-corrected chi connectivity index (χ2v) is 3.98. The van der Waals surface area contributed by atoms with Crippen LogP contribution in [0.1, 0.15) is 6.42 Å². The summed E-state index contributed by atoms with van der Waals surface area (Å²) < 4.78 is 5.54. The van der Waals surface area contributed by atoms with Crippen molar-refractivity contribution in [2.24, 2.45) is 5.73 Å². The van der Waals surface area contributed by atoms with Crippen LogP contribution in [0.2, 0.25) is 5.02 Å². The Bertz CT molecular complexity index is 556.